The van der Waals surface area contributed by atoms with E-state index in [1.165, 1.54) is 11.3 Å². The molecule has 32 heavy (non-hydrogen) atoms. The largest absolute Gasteiger partial charge is 0.347 e. The number of nitrogens with zero attached hydrogens (tertiary/aromatic N) is 5. The quantitative estimate of drug-likeness (QED) is 0.490. The molecule has 5 rings (SSSR count). The molecule has 166 valence electrons. The number of alkyl halides is 2. The number of fused-ring (bicyclic) bond motifs is 1. The Balaban J connectivity index is 1.36. The van der Waals surface area contributed by atoms with E-state index in [0.717, 1.165) is 22.3 Å². The molecule has 1 aliphatic rings. The minimum Gasteiger partial charge on any atom is -0.347 e. The molecule has 1 fully saturated rings. The zero-order chi connectivity index (χ0) is 22.5. The second kappa shape index (κ2) is 7.75. The first kappa shape index (κ1) is 20.7. The van der Waals surface area contributed by atoms with Gasteiger partial charge in [-0.15, -0.1) is 11.3 Å². The number of nitrogens with one attached hydrogen (secondary N) is 1. The van der Waals surface area contributed by atoms with E-state index < -0.39 is 23.9 Å². The molecule has 11 heteroatoms. The molecule has 1 saturated carbocycles. The van der Waals surface area contributed by atoms with Crippen LogP contribution in [0.15, 0.2) is 42.4 Å². The van der Waals surface area contributed by atoms with Crippen molar-refractivity contribution in [2.75, 3.05) is 0 Å². The van der Waals surface area contributed by atoms with E-state index in [-0.39, 0.29) is 6.42 Å². The summed E-state index contributed by atoms with van der Waals surface area (Å²) in [5, 5.41) is 13.1. The number of carbonyl (C=O) groups excluding carboxylic acids is 1. The molecule has 0 aromatic carbocycles. The van der Waals surface area contributed by atoms with E-state index in [0.29, 0.717) is 23.4 Å². The molecule has 0 spiro atoms. The predicted molar refractivity (Wildman–Crippen MR) is 117 cm³/mol. The minimum absolute atomic E-state index is 0.242. The molecule has 3 N–H and O–H groups in total. The van der Waals surface area contributed by atoms with Crippen LogP contribution in [0.25, 0.3) is 27.9 Å². The highest BCUT2D eigenvalue weighted by atomic mass is 32.1. The van der Waals surface area contributed by atoms with Crippen molar-refractivity contribution in [1.29, 1.82) is 0 Å². The van der Waals surface area contributed by atoms with Gasteiger partial charge in [0.15, 0.2) is 5.65 Å². The van der Waals surface area contributed by atoms with Crippen LogP contribution < -0.4 is 11.1 Å². The fraction of sp³-hybridized carbons (Fsp3) is 0.333. The molecule has 0 radical (unpaired) electrons. The molecule has 0 bridgehead atoms. The van der Waals surface area contributed by atoms with Gasteiger partial charge in [0.2, 0.25) is 0 Å². The Kier molecular flexibility index (Phi) is 5.01. The number of aromatic nitrogens is 5. The first-order valence-electron chi connectivity index (χ1n) is 10.2. The van der Waals surface area contributed by atoms with Gasteiger partial charge in [-0.3, -0.25) is 9.48 Å². The first-order valence-corrected chi connectivity index (χ1v) is 11.1. The zero-order valence-electron chi connectivity index (χ0n) is 17.2. The topological polar surface area (TPSA) is 103 Å². The molecular weight excluding hydrogens is 436 g/mol. The number of hydrogen-bond donors (Lipinski definition) is 2. The van der Waals surface area contributed by atoms with Gasteiger partial charge in [-0.05, 0) is 29.9 Å². The maximum atomic E-state index is 13.9. The van der Waals surface area contributed by atoms with Crippen molar-refractivity contribution in [2.24, 2.45) is 12.8 Å². The van der Waals surface area contributed by atoms with Crippen molar-refractivity contribution >= 4 is 22.9 Å². The summed E-state index contributed by atoms with van der Waals surface area (Å²) in [4.78, 5) is 17.6. The summed E-state index contributed by atoms with van der Waals surface area (Å²) in [5.41, 5.74) is 9.72. The average Bonchev–Trinajstić information content (AvgIpc) is 3.49. The number of aryl methyl sites for hydroxylation is 1. The number of halogens is 2. The standard InChI is InChI=1S/C21H21F2N7OS/c1-29-9-14(7-26-29)13-6-25-19-15(8-27-30(19)10-13)12-5-17(32-11-12)20(31)28-16-3-2-4-21(22,23)18(16)24/h5-11,16,18H,2-4,24H2,1H3,(H,28,31)/t16-,18+/m1/s1. The van der Waals surface area contributed by atoms with Crippen molar-refractivity contribution in [2.45, 2.75) is 37.3 Å². The second-order valence-electron chi connectivity index (χ2n) is 8.03. The lowest BCUT2D eigenvalue weighted by atomic mass is 9.87. The van der Waals surface area contributed by atoms with Crippen LogP contribution in [0.3, 0.4) is 0 Å². The summed E-state index contributed by atoms with van der Waals surface area (Å²) in [6.45, 7) is 0. The van der Waals surface area contributed by atoms with E-state index >= 15 is 0 Å². The molecule has 0 unspecified atom stereocenters. The van der Waals surface area contributed by atoms with Crippen LogP contribution in [-0.2, 0) is 7.05 Å². The number of nitrogens with two attached hydrogens (primary N) is 1. The highest BCUT2D eigenvalue weighted by Crippen LogP contribution is 2.33. The van der Waals surface area contributed by atoms with Crippen LogP contribution in [0.4, 0.5) is 8.78 Å². The van der Waals surface area contributed by atoms with Gasteiger partial charge in [0.05, 0.1) is 29.4 Å². The molecule has 0 aliphatic heterocycles. The molecule has 1 amide bonds. The molecule has 1 aliphatic carbocycles. The van der Waals surface area contributed by atoms with Gasteiger partial charge in [-0.2, -0.15) is 10.2 Å². The highest BCUT2D eigenvalue weighted by molar-refractivity contribution is 7.12. The number of carbonyl (C=O) groups is 1. The smallest absolute Gasteiger partial charge is 0.264 e. The fourth-order valence-corrected chi connectivity index (χ4v) is 4.80. The van der Waals surface area contributed by atoms with Crippen LogP contribution in [0.2, 0.25) is 0 Å². The molecule has 0 saturated heterocycles. The van der Waals surface area contributed by atoms with E-state index in [2.05, 4.69) is 20.5 Å². The number of amides is 1. The van der Waals surface area contributed by atoms with Crippen LogP contribution >= 0.6 is 11.3 Å². The summed E-state index contributed by atoms with van der Waals surface area (Å²) < 4.78 is 31.2. The Morgan fingerprint density at radius 1 is 1.22 bits per heavy atom. The van der Waals surface area contributed by atoms with E-state index in [4.69, 9.17) is 5.73 Å². The number of hydrogen-bond acceptors (Lipinski definition) is 6. The molecule has 4 aromatic heterocycles. The maximum absolute atomic E-state index is 13.9. The van der Waals surface area contributed by atoms with Crippen molar-refractivity contribution < 1.29 is 13.6 Å². The minimum atomic E-state index is -2.96. The van der Waals surface area contributed by atoms with Crippen molar-refractivity contribution in [3.05, 3.63) is 47.3 Å². The zero-order valence-corrected chi connectivity index (χ0v) is 18.0. The monoisotopic (exact) mass is 457 g/mol. The van der Waals surface area contributed by atoms with Crippen molar-refractivity contribution in [3.8, 4) is 22.3 Å². The lowest BCUT2D eigenvalue weighted by Gasteiger charge is -2.35. The first-order chi connectivity index (χ1) is 15.3. The third-order valence-corrected chi connectivity index (χ3v) is 6.72. The Hall–Kier alpha value is -3.18. The van der Waals surface area contributed by atoms with Crippen molar-refractivity contribution in [3.63, 3.8) is 0 Å². The third kappa shape index (κ3) is 3.67. The Morgan fingerprint density at radius 3 is 2.81 bits per heavy atom. The van der Waals surface area contributed by atoms with Crippen LogP contribution in [-0.4, -0.2) is 48.3 Å². The third-order valence-electron chi connectivity index (χ3n) is 5.79. The maximum Gasteiger partial charge on any atom is 0.264 e. The van der Waals surface area contributed by atoms with E-state index in [1.54, 1.807) is 33.9 Å². The normalized spacial score (nSPS) is 20.5. The van der Waals surface area contributed by atoms with Crippen LogP contribution in [0, 0.1) is 0 Å². The van der Waals surface area contributed by atoms with Gasteiger partial charge in [0.1, 0.15) is 0 Å². The van der Waals surface area contributed by atoms with Gasteiger partial charge in [0, 0.05) is 48.7 Å². The molecule has 4 aromatic rings. The SMILES string of the molecule is Cn1cc(-c2cnc3c(-c4csc(C(=O)N[C@@H]5CCCC(F)(F)[C@H]5N)c4)cnn3c2)cn1. The van der Waals surface area contributed by atoms with Crippen LogP contribution in [0.5, 0.6) is 0 Å². The summed E-state index contributed by atoms with van der Waals surface area (Å²) in [6, 6.07) is -0.404. The van der Waals surface area contributed by atoms with Crippen LogP contribution in [0.1, 0.15) is 28.9 Å². The van der Waals surface area contributed by atoms with E-state index in [9.17, 15) is 13.6 Å². The van der Waals surface area contributed by atoms with E-state index in [1.807, 2.05) is 24.8 Å². The van der Waals surface area contributed by atoms with Crippen molar-refractivity contribution in [1.82, 2.24) is 29.7 Å². The van der Waals surface area contributed by atoms with Gasteiger partial charge >= 0.3 is 0 Å². The fourth-order valence-electron chi connectivity index (χ4n) is 3.99. The lowest BCUT2D eigenvalue weighted by molar-refractivity contribution is -0.0613. The van der Waals surface area contributed by atoms with Gasteiger partial charge in [-0.25, -0.2) is 18.3 Å². The number of rotatable bonds is 4. The Bertz CT molecular complexity index is 1290. The predicted octanol–water partition coefficient (Wildman–Crippen LogP) is 3.10. The van der Waals surface area contributed by atoms with Gasteiger partial charge < -0.3 is 11.1 Å². The highest BCUT2D eigenvalue weighted by Gasteiger charge is 2.45. The summed E-state index contributed by atoms with van der Waals surface area (Å²) in [6.07, 6.45) is 9.49. The summed E-state index contributed by atoms with van der Waals surface area (Å²) >= 11 is 1.24. The van der Waals surface area contributed by atoms with Gasteiger partial charge in [0.25, 0.3) is 11.8 Å². The molecular formula is C21H21F2N7OS. The molecule has 2 atom stereocenters. The average molecular weight is 458 g/mol. The number of thiophene rings is 1. The summed E-state index contributed by atoms with van der Waals surface area (Å²) in [5.74, 6) is -3.36. The Labute approximate surface area is 186 Å². The Morgan fingerprint density at radius 2 is 2.03 bits per heavy atom. The van der Waals surface area contributed by atoms with Gasteiger partial charge in [-0.1, -0.05) is 0 Å². The summed E-state index contributed by atoms with van der Waals surface area (Å²) in [7, 11) is 1.85. The second-order valence-corrected chi connectivity index (χ2v) is 8.94. The lowest BCUT2D eigenvalue weighted by Crippen LogP contribution is -2.58. The molecule has 4 heterocycles. The molecule has 8 nitrogen and oxygen atoms in total.